The van der Waals surface area contributed by atoms with Crippen molar-refractivity contribution in [3.8, 4) is 0 Å². The Bertz CT molecular complexity index is 1290. The second kappa shape index (κ2) is 9.30. The lowest BCUT2D eigenvalue weighted by molar-refractivity contribution is -0.119. The lowest BCUT2D eigenvalue weighted by Gasteiger charge is -2.16. The van der Waals surface area contributed by atoms with Gasteiger partial charge in [-0.05, 0) is 55.1 Å². The van der Waals surface area contributed by atoms with Crippen LogP contribution >= 0.6 is 11.8 Å². The summed E-state index contributed by atoms with van der Waals surface area (Å²) in [6.07, 6.45) is 1.89. The normalized spacial score (nSPS) is 12.5. The Morgan fingerprint density at radius 1 is 0.939 bits per heavy atom. The number of aryl methyl sites for hydroxylation is 1. The Morgan fingerprint density at radius 2 is 1.64 bits per heavy atom. The number of para-hydroxylation sites is 2. The van der Waals surface area contributed by atoms with Crippen LogP contribution in [0.3, 0.4) is 0 Å². The highest BCUT2D eigenvalue weighted by Crippen LogP contribution is 2.31. The molecule has 4 rings (SSSR count). The van der Waals surface area contributed by atoms with Crippen LogP contribution in [0.15, 0.2) is 71.6 Å². The van der Waals surface area contributed by atoms with E-state index >= 15 is 0 Å². The Labute approximate surface area is 194 Å². The molecule has 0 aliphatic carbocycles. The fourth-order valence-electron chi connectivity index (χ4n) is 3.55. The van der Waals surface area contributed by atoms with E-state index in [0.717, 1.165) is 15.4 Å². The predicted molar refractivity (Wildman–Crippen MR) is 126 cm³/mol. The van der Waals surface area contributed by atoms with Crippen molar-refractivity contribution >= 4 is 46.8 Å². The van der Waals surface area contributed by atoms with Crippen molar-refractivity contribution < 1.29 is 23.9 Å². The van der Waals surface area contributed by atoms with E-state index in [4.69, 9.17) is 4.74 Å². The summed E-state index contributed by atoms with van der Waals surface area (Å²) in [6, 6.07) is 18.5. The molecule has 0 radical (unpaired) electrons. The predicted octanol–water partition coefficient (Wildman–Crippen LogP) is 4.31. The topological polar surface area (TPSA) is 92.8 Å². The van der Waals surface area contributed by atoms with E-state index in [9.17, 15) is 19.2 Å². The maximum absolute atomic E-state index is 13.0. The number of carbonyl (C=O) groups is 4. The highest BCUT2D eigenvalue weighted by Gasteiger charge is 2.37. The second-order valence-electron chi connectivity index (χ2n) is 7.32. The molecule has 0 aromatic heterocycles. The average Bonchev–Trinajstić information content (AvgIpc) is 3.07. The Kier molecular flexibility index (Phi) is 6.28. The maximum atomic E-state index is 13.0. The number of ether oxygens (including phenoxy) is 1. The number of nitrogens with one attached hydrogen (secondary N) is 1. The molecule has 0 spiro atoms. The van der Waals surface area contributed by atoms with Gasteiger partial charge in [-0.15, -0.1) is 11.8 Å². The first kappa shape index (κ1) is 22.3. The highest BCUT2D eigenvalue weighted by molar-refractivity contribution is 7.98. The fraction of sp³-hybridized carbons (Fsp3) is 0.120. The third kappa shape index (κ3) is 4.38. The zero-order valence-electron chi connectivity index (χ0n) is 18.0. The molecular formula is C25H20N2O5S. The molecule has 8 heteroatoms. The molecule has 1 aliphatic rings. The van der Waals surface area contributed by atoms with Crippen LogP contribution in [0.1, 0.15) is 36.6 Å². The minimum atomic E-state index is -0.763. The summed E-state index contributed by atoms with van der Waals surface area (Å²) in [7, 11) is 0. The number of esters is 1. The first-order valence-electron chi connectivity index (χ1n) is 10.1. The SMILES string of the molecule is CSc1ccccc1NC(=O)COC(=O)c1ccc2c(c1)C(=O)N(c1ccccc1C)C2=O. The van der Waals surface area contributed by atoms with Crippen LogP contribution in [0, 0.1) is 6.92 Å². The van der Waals surface area contributed by atoms with Gasteiger partial charge in [0, 0.05) is 4.90 Å². The third-order valence-electron chi connectivity index (χ3n) is 5.19. The van der Waals surface area contributed by atoms with Crippen LogP contribution in [-0.4, -0.2) is 36.6 Å². The molecule has 3 aromatic rings. The summed E-state index contributed by atoms with van der Waals surface area (Å²) < 4.78 is 5.12. The van der Waals surface area contributed by atoms with E-state index in [0.29, 0.717) is 11.4 Å². The van der Waals surface area contributed by atoms with Crippen LogP contribution in [0.5, 0.6) is 0 Å². The smallest absolute Gasteiger partial charge is 0.338 e. The number of hydrogen-bond donors (Lipinski definition) is 1. The van der Waals surface area contributed by atoms with Crippen molar-refractivity contribution in [2.45, 2.75) is 11.8 Å². The third-order valence-corrected chi connectivity index (χ3v) is 5.99. The van der Waals surface area contributed by atoms with Gasteiger partial charge in [0.05, 0.1) is 28.1 Å². The van der Waals surface area contributed by atoms with E-state index in [1.165, 1.54) is 30.0 Å². The zero-order chi connectivity index (χ0) is 23.5. The summed E-state index contributed by atoms with van der Waals surface area (Å²) in [5.41, 5.74) is 2.32. The summed E-state index contributed by atoms with van der Waals surface area (Å²) in [6.45, 7) is 1.32. The average molecular weight is 461 g/mol. The number of carbonyl (C=O) groups excluding carboxylic acids is 4. The van der Waals surface area contributed by atoms with Gasteiger partial charge in [0.15, 0.2) is 6.61 Å². The number of benzene rings is 3. The molecule has 1 heterocycles. The Balaban J connectivity index is 1.46. The molecule has 0 atom stereocenters. The van der Waals surface area contributed by atoms with Gasteiger partial charge >= 0.3 is 5.97 Å². The van der Waals surface area contributed by atoms with E-state index in [2.05, 4.69) is 5.32 Å². The van der Waals surface area contributed by atoms with Crippen molar-refractivity contribution in [2.24, 2.45) is 0 Å². The fourth-order valence-corrected chi connectivity index (χ4v) is 4.10. The van der Waals surface area contributed by atoms with Gasteiger partial charge in [0.25, 0.3) is 17.7 Å². The van der Waals surface area contributed by atoms with Crippen molar-refractivity contribution in [3.05, 3.63) is 89.0 Å². The molecule has 0 fully saturated rings. The molecule has 1 N–H and O–H groups in total. The number of anilines is 2. The lowest BCUT2D eigenvalue weighted by atomic mass is 10.1. The lowest BCUT2D eigenvalue weighted by Crippen LogP contribution is -2.29. The maximum Gasteiger partial charge on any atom is 0.338 e. The quantitative estimate of drug-likeness (QED) is 0.335. The number of fused-ring (bicyclic) bond motifs is 1. The van der Waals surface area contributed by atoms with E-state index < -0.39 is 30.3 Å². The van der Waals surface area contributed by atoms with Gasteiger partial charge in [0.2, 0.25) is 0 Å². The molecular weight excluding hydrogens is 440 g/mol. The Hall–Kier alpha value is -3.91. The summed E-state index contributed by atoms with van der Waals surface area (Å²) in [5.74, 6) is -2.20. The number of amides is 3. The van der Waals surface area contributed by atoms with Crippen molar-refractivity contribution in [1.82, 2.24) is 0 Å². The number of imide groups is 1. The standard InChI is InChI=1S/C25H20N2O5S/c1-15-7-3-5-9-20(15)27-23(29)17-12-11-16(13-18(17)24(27)30)25(31)32-14-22(28)26-19-8-4-6-10-21(19)33-2/h3-13H,14H2,1-2H3,(H,26,28). The first-order chi connectivity index (χ1) is 15.9. The van der Waals surface area contributed by atoms with Gasteiger partial charge < -0.3 is 10.1 Å². The summed E-state index contributed by atoms with van der Waals surface area (Å²) in [5, 5.41) is 2.71. The number of hydrogen-bond acceptors (Lipinski definition) is 6. The Morgan fingerprint density at radius 3 is 2.39 bits per heavy atom. The van der Waals surface area contributed by atoms with Crippen molar-refractivity contribution in [1.29, 1.82) is 0 Å². The van der Waals surface area contributed by atoms with E-state index in [-0.39, 0.29) is 16.7 Å². The minimum Gasteiger partial charge on any atom is -0.452 e. The number of rotatable bonds is 6. The minimum absolute atomic E-state index is 0.0823. The molecule has 1 aliphatic heterocycles. The summed E-state index contributed by atoms with van der Waals surface area (Å²) >= 11 is 1.48. The largest absolute Gasteiger partial charge is 0.452 e. The molecule has 0 saturated heterocycles. The van der Waals surface area contributed by atoms with Crippen molar-refractivity contribution in [3.63, 3.8) is 0 Å². The molecule has 3 amide bonds. The molecule has 0 saturated carbocycles. The first-order valence-corrected chi connectivity index (χ1v) is 11.3. The van der Waals surface area contributed by atoms with Gasteiger partial charge in [-0.2, -0.15) is 0 Å². The molecule has 33 heavy (non-hydrogen) atoms. The van der Waals surface area contributed by atoms with Gasteiger partial charge in [-0.25, -0.2) is 9.69 Å². The molecule has 0 bridgehead atoms. The van der Waals surface area contributed by atoms with E-state index in [1.54, 1.807) is 24.3 Å². The highest BCUT2D eigenvalue weighted by atomic mass is 32.2. The van der Waals surface area contributed by atoms with Crippen LogP contribution < -0.4 is 10.2 Å². The van der Waals surface area contributed by atoms with Gasteiger partial charge in [-0.1, -0.05) is 30.3 Å². The van der Waals surface area contributed by atoms with Crippen LogP contribution in [0.2, 0.25) is 0 Å². The molecule has 7 nitrogen and oxygen atoms in total. The number of nitrogens with zero attached hydrogens (tertiary/aromatic N) is 1. The monoisotopic (exact) mass is 460 g/mol. The van der Waals surface area contributed by atoms with Crippen LogP contribution in [0.4, 0.5) is 11.4 Å². The van der Waals surface area contributed by atoms with Crippen LogP contribution in [-0.2, 0) is 9.53 Å². The second-order valence-corrected chi connectivity index (χ2v) is 8.17. The number of thioether (sulfide) groups is 1. The zero-order valence-corrected chi connectivity index (χ0v) is 18.8. The van der Waals surface area contributed by atoms with Gasteiger partial charge in [-0.3, -0.25) is 14.4 Å². The van der Waals surface area contributed by atoms with Crippen LogP contribution in [0.25, 0.3) is 0 Å². The molecule has 166 valence electrons. The summed E-state index contributed by atoms with van der Waals surface area (Å²) in [4.78, 5) is 52.5. The van der Waals surface area contributed by atoms with Crippen molar-refractivity contribution in [2.75, 3.05) is 23.1 Å². The van der Waals surface area contributed by atoms with Gasteiger partial charge in [0.1, 0.15) is 0 Å². The molecule has 3 aromatic carbocycles. The van der Waals surface area contributed by atoms with E-state index in [1.807, 2.05) is 37.4 Å². The molecule has 0 unspecified atom stereocenters.